The van der Waals surface area contributed by atoms with E-state index in [1.54, 1.807) is 23.1 Å². The number of anilines is 2. The van der Waals surface area contributed by atoms with Crippen molar-refractivity contribution in [3.63, 3.8) is 0 Å². The molecule has 0 radical (unpaired) electrons. The van der Waals surface area contributed by atoms with E-state index in [2.05, 4.69) is 27.2 Å². The smallest absolute Gasteiger partial charge is 0.254 e. The summed E-state index contributed by atoms with van der Waals surface area (Å²) in [7, 11) is 5.30. The molecule has 1 atom stereocenters. The molecule has 1 aliphatic rings. The van der Waals surface area contributed by atoms with Gasteiger partial charge in [0, 0.05) is 31.2 Å². The summed E-state index contributed by atoms with van der Waals surface area (Å²) in [5.41, 5.74) is 1.18. The first kappa shape index (κ1) is 25.5. The topological polar surface area (TPSA) is 133 Å². The van der Waals surface area contributed by atoms with Gasteiger partial charge in [0.05, 0.1) is 19.0 Å². The molecule has 3 rings (SSSR count). The molecule has 1 fully saturated rings. The maximum absolute atomic E-state index is 13.2. The van der Waals surface area contributed by atoms with Gasteiger partial charge >= 0.3 is 0 Å². The summed E-state index contributed by atoms with van der Waals surface area (Å²) >= 11 is 0. The molecule has 11 heteroatoms. The Morgan fingerprint density at radius 3 is 2.89 bits per heavy atom. The summed E-state index contributed by atoms with van der Waals surface area (Å²) in [6, 6.07) is 6.88. The third kappa shape index (κ3) is 6.68. The lowest BCUT2D eigenvalue weighted by molar-refractivity contribution is -0.111. The second-order valence-electron chi connectivity index (χ2n) is 8.17. The minimum absolute atomic E-state index is 0.0569. The van der Waals surface area contributed by atoms with Crippen LogP contribution >= 0.6 is 0 Å². The number of likely N-dealkylation sites (N-methyl/N-ethyl adjacent to an activating group) is 1. The van der Waals surface area contributed by atoms with E-state index in [1.807, 2.05) is 25.1 Å². The van der Waals surface area contributed by atoms with Crippen LogP contribution in [0.3, 0.4) is 0 Å². The molecule has 1 saturated heterocycles. The van der Waals surface area contributed by atoms with Gasteiger partial charge in [-0.1, -0.05) is 6.58 Å². The van der Waals surface area contributed by atoms with E-state index >= 15 is 0 Å². The largest absolute Gasteiger partial charge is 0.490 e. The normalized spacial score (nSPS) is 14.8. The van der Waals surface area contributed by atoms with Crippen molar-refractivity contribution in [2.24, 2.45) is 0 Å². The molecule has 0 spiro atoms. The minimum atomic E-state index is -0.364. The molecule has 2 aromatic rings. The maximum atomic E-state index is 13.2. The third-order valence-corrected chi connectivity index (χ3v) is 5.34. The van der Waals surface area contributed by atoms with Crippen LogP contribution in [0.15, 0.2) is 37.1 Å². The van der Waals surface area contributed by atoms with Gasteiger partial charge in [-0.15, -0.1) is 0 Å². The summed E-state index contributed by atoms with van der Waals surface area (Å²) in [4.78, 5) is 37.1. The van der Waals surface area contributed by atoms with Crippen LogP contribution < -0.4 is 20.1 Å². The molecular formula is C24H29N7O4. The predicted molar refractivity (Wildman–Crippen MR) is 131 cm³/mol. The Morgan fingerprint density at radius 2 is 2.20 bits per heavy atom. The third-order valence-electron chi connectivity index (χ3n) is 5.34. The Labute approximate surface area is 204 Å². The number of nitrogens with one attached hydrogen (secondary N) is 2. The summed E-state index contributed by atoms with van der Waals surface area (Å²) in [5, 5.41) is 15.0. The van der Waals surface area contributed by atoms with E-state index < -0.39 is 0 Å². The van der Waals surface area contributed by atoms with Crippen molar-refractivity contribution in [2.75, 3.05) is 58.1 Å². The van der Waals surface area contributed by atoms with Crippen LogP contribution in [0.2, 0.25) is 0 Å². The van der Waals surface area contributed by atoms with Gasteiger partial charge in [0.25, 0.3) is 5.91 Å². The number of likely N-dealkylation sites (tertiary alicyclic amines) is 1. The van der Waals surface area contributed by atoms with Crippen molar-refractivity contribution < 1.29 is 19.1 Å². The first-order valence-corrected chi connectivity index (χ1v) is 11.1. The van der Waals surface area contributed by atoms with E-state index in [-0.39, 0.29) is 29.3 Å². The zero-order valence-corrected chi connectivity index (χ0v) is 20.1. The number of nitrogens with zero attached hydrogens (tertiary/aromatic N) is 5. The van der Waals surface area contributed by atoms with Crippen LogP contribution in [0.1, 0.15) is 22.3 Å². The number of rotatable bonds is 10. The number of aromatic nitrogens is 2. The summed E-state index contributed by atoms with van der Waals surface area (Å²) in [6.07, 6.45) is 3.28. The van der Waals surface area contributed by atoms with Gasteiger partial charge < -0.3 is 29.9 Å². The highest BCUT2D eigenvalue weighted by Gasteiger charge is 2.28. The quantitative estimate of drug-likeness (QED) is 0.489. The molecule has 1 aliphatic heterocycles. The number of carbonyl (C=O) groups is 2. The zero-order chi connectivity index (χ0) is 25.4. The standard InChI is InChI=1S/C24H29N7O4/c1-5-21(32)28-19-7-6-16(12-20(19)35-11-10-30(2)3)23(33)31-9-8-18(15-31)27-24-26-14-17(13-25)22(29-24)34-4/h5-7,12,14,18H,1,8-11,15H2,2-4H3,(H,28,32)(H,26,27,29). The fourth-order valence-corrected chi connectivity index (χ4v) is 3.50. The Bertz CT molecular complexity index is 1130. The molecule has 1 aromatic carbocycles. The fourth-order valence-electron chi connectivity index (χ4n) is 3.50. The number of hydrogen-bond acceptors (Lipinski definition) is 9. The van der Waals surface area contributed by atoms with Crippen molar-refractivity contribution in [3.8, 4) is 17.7 Å². The molecule has 1 aromatic heterocycles. The molecule has 184 valence electrons. The first-order chi connectivity index (χ1) is 16.8. The van der Waals surface area contributed by atoms with E-state index in [0.29, 0.717) is 55.6 Å². The van der Waals surface area contributed by atoms with Gasteiger partial charge in [-0.25, -0.2) is 4.98 Å². The fraction of sp³-hybridized carbons (Fsp3) is 0.375. The monoisotopic (exact) mass is 479 g/mol. The summed E-state index contributed by atoms with van der Waals surface area (Å²) in [6.45, 7) is 5.54. The second-order valence-corrected chi connectivity index (χ2v) is 8.17. The zero-order valence-electron chi connectivity index (χ0n) is 20.1. The van der Waals surface area contributed by atoms with Gasteiger partial charge in [-0.2, -0.15) is 10.2 Å². The van der Waals surface area contributed by atoms with Gasteiger partial charge in [0.1, 0.15) is 24.0 Å². The number of ether oxygens (including phenoxy) is 2. The van der Waals surface area contributed by atoms with Crippen LogP contribution in [0.25, 0.3) is 0 Å². The highest BCUT2D eigenvalue weighted by molar-refractivity contribution is 6.01. The number of carbonyl (C=O) groups excluding carboxylic acids is 2. The lowest BCUT2D eigenvalue weighted by Gasteiger charge is -2.19. The molecule has 35 heavy (non-hydrogen) atoms. The average molecular weight is 480 g/mol. The Kier molecular flexibility index (Phi) is 8.58. The average Bonchev–Trinajstić information content (AvgIpc) is 3.32. The molecule has 11 nitrogen and oxygen atoms in total. The molecule has 0 bridgehead atoms. The summed E-state index contributed by atoms with van der Waals surface area (Å²) in [5.74, 6) is 0.434. The van der Waals surface area contributed by atoms with Crippen LogP contribution in [-0.4, -0.2) is 85.1 Å². The predicted octanol–water partition coefficient (Wildman–Crippen LogP) is 1.75. The molecular weight excluding hydrogens is 450 g/mol. The second kappa shape index (κ2) is 11.8. The minimum Gasteiger partial charge on any atom is -0.490 e. The van der Waals surface area contributed by atoms with Crippen molar-refractivity contribution in [1.82, 2.24) is 19.8 Å². The SMILES string of the molecule is C=CC(=O)Nc1ccc(C(=O)N2CCC(Nc3ncc(C#N)c(OC)n3)C2)cc1OCCN(C)C. The van der Waals surface area contributed by atoms with E-state index in [9.17, 15) is 9.59 Å². The van der Waals surface area contributed by atoms with Crippen LogP contribution in [-0.2, 0) is 4.79 Å². The Morgan fingerprint density at radius 1 is 1.40 bits per heavy atom. The molecule has 0 saturated carbocycles. The Hall–Kier alpha value is -4.17. The van der Waals surface area contributed by atoms with Crippen molar-refractivity contribution >= 4 is 23.5 Å². The number of amides is 2. The molecule has 2 amide bonds. The number of hydrogen-bond donors (Lipinski definition) is 2. The molecule has 2 heterocycles. The lowest BCUT2D eigenvalue weighted by Crippen LogP contribution is -2.32. The number of benzene rings is 1. The van der Waals surface area contributed by atoms with Gasteiger partial charge in [0.15, 0.2) is 0 Å². The van der Waals surface area contributed by atoms with Gasteiger partial charge in [0.2, 0.25) is 17.7 Å². The molecule has 0 aliphatic carbocycles. The van der Waals surface area contributed by atoms with Crippen molar-refractivity contribution in [3.05, 3.63) is 48.2 Å². The number of nitriles is 1. The molecule has 2 N–H and O–H groups in total. The van der Waals surface area contributed by atoms with E-state index in [1.165, 1.54) is 19.4 Å². The van der Waals surface area contributed by atoms with E-state index in [0.717, 1.165) is 0 Å². The number of methoxy groups -OCH3 is 1. The van der Waals surface area contributed by atoms with Crippen LogP contribution in [0, 0.1) is 11.3 Å². The highest BCUT2D eigenvalue weighted by atomic mass is 16.5. The molecule has 1 unspecified atom stereocenters. The van der Waals surface area contributed by atoms with Crippen LogP contribution in [0.5, 0.6) is 11.6 Å². The summed E-state index contributed by atoms with van der Waals surface area (Å²) < 4.78 is 11.0. The van der Waals surface area contributed by atoms with Crippen molar-refractivity contribution in [2.45, 2.75) is 12.5 Å². The van der Waals surface area contributed by atoms with Crippen molar-refractivity contribution in [1.29, 1.82) is 5.26 Å². The van der Waals surface area contributed by atoms with Gasteiger partial charge in [-0.3, -0.25) is 9.59 Å². The maximum Gasteiger partial charge on any atom is 0.254 e. The van der Waals surface area contributed by atoms with Crippen LogP contribution in [0.4, 0.5) is 11.6 Å². The van der Waals surface area contributed by atoms with Gasteiger partial charge in [-0.05, 0) is 44.8 Å². The van der Waals surface area contributed by atoms with E-state index in [4.69, 9.17) is 14.7 Å². The first-order valence-electron chi connectivity index (χ1n) is 11.1. The lowest BCUT2D eigenvalue weighted by atomic mass is 10.1. The highest BCUT2D eigenvalue weighted by Crippen LogP contribution is 2.28. The Balaban J connectivity index is 1.69.